The number of rotatable bonds is 1. The quantitative estimate of drug-likeness (QED) is 0.554. The summed E-state index contributed by atoms with van der Waals surface area (Å²) in [4.78, 5) is 0. The van der Waals surface area contributed by atoms with Gasteiger partial charge < -0.3 is 10.4 Å². The Bertz CT molecular complexity index is 552. The van der Waals surface area contributed by atoms with Crippen LogP contribution >= 0.6 is 0 Å². The van der Waals surface area contributed by atoms with Crippen molar-refractivity contribution in [1.29, 1.82) is 0 Å². The number of benzene rings is 1. The van der Waals surface area contributed by atoms with Gasteiger partial charge in [0.15, 0.2) is 0 Å². The molecule has 2 aromatic rings. The third-order valence-corrected chi connectivity index (χ3v) is 2.70. The first-order valence-electron chi connectivity index (χ1n) is 5.11. The Morgan fingerprint density at radius 3 is 2.73 bits per heavy atom. The molecule has 3 nitrogen and oxygen atoms in total. The van der Waals surface area contributed by atoms with Gasteiger partial charge >= 0.3 is 0 Å². The van der Waals surface area contributed by atoms with E-state index in [4.69, 9.17) is 5.84 Å². The first kappa shape index (κ1) is 9.77. The van der Waals surface area contributed by atoms with Gasteiger partial charge in [0.2, 0.25) is 0 Å². The smallest absolute Gasteiger partial charge is 0.0937 e. The molecule has 3 heteroatoms. The largest absolute Gasteiger partial charge is 0.345 e. The minimum atomic E-state index is 0.854. The second kappa shape index (κ2) is 3.77. The van der Waals surface area contributed by atoms with E-state index < -0.39 is 0 Å². The first-order chi connectivity index (χ1) is 7.27. The summed E-state index contributed by atoms with van der Waals surface area (Å²) in [5.74, 6) is 5.39. The highest BCUT2D eigenvalue weighted by Gasteiger charge is 2.02. The van der Waals surface area contributed by atoms with E-state index in [1.54, 1.807) is 0 Å². The summed E-state index contributed by atoms with van der Waals surface area (Å²) in [5.41, 5.74) is 2.37. The first-order valence-corrected chi connectivity index (χ1v) is 5.11. The molecule has 2 rings (SSSR count). The van der Waals surface area contributed by atoms with E-state index in [0.29, 0.717) is 0 Å². The van der Waals surface area contributed by atoms with Gasteiger partial charge in [-0.05, 0) is 26.0 Å². The van der Waals surface area contributed by atoms with Crippen LogP contribution < -0.4 is 11.2 Å². The maximum atomic E-state index is 5.39. The Balaban J connectivity index is 2.99. The monoisotopic (exact) mass is 201 g/mol. The maximum Gasteiger partial charge on any atom is 0.0937 e. The van der Waals surface area contributed by atoms with E-state index in [-0.39, 0.29) is 0 Å². The minimum Gasteiger partial charge on any atom is -0.345 e. The zero-order valence-corrected chi connectivity index (χ0v) is 9.07. The molecule has 0 atom stereocenters. The second-order valence-electron chi connectivity index (χ2n) is 3.56. The Kier molecular flexibility index (Phi) is 2.46. The number of aromatic nitrogens is 1. The Labute approximate surface area is 88.8 Å². The fraction of sp³-hybridized carbons (Fsp3) is 0.250. The molecular formula is C12H15N3. The molecule has 2 N–H and O–H groups in total. The summed E-state index contributed by atoms with van der Waals surface area (Å²) in [6.45, 7) is 5.17. The van der Waals surface area contributed by atoms with Gasteiger partial charge in [0, 0.05) is 17.6 Å². The van der Waals surface area contributed by atoms with Crippen LogP contribution in [0.3, 0.4) is 0 Å². The predicted octanol–water partition coefficient (Wildman–Crippen LogP) is 1.74. The zero-order valence-electron chi connectivity index (χ0n) is 9.07. The molecule has 0 fully saturated rings. The molecule has 1 heterocycles. The third-order valence-electron chi connectivity index (χ3n) is 2.70. The molecule has 78 valence electrons. The molecule has 0 bridgehead atoms. The summed E-state index contributed by atoms with van der Waals surface area (Å²) in [7, 11) is 0. The molecule has 1 aromatic heterocycles. The van der Waals surface area contributed by atoms with Gasteiger partial charge in [-0.1, -0.05) is 18.2 Å². The number of nitrogens with zero attached hydrogens (tertiary/aromatic N) is 2. The molecule has 0 saturated carbocycles. The van der Waals surface area contributed by atoms with Crippen molar-refractivity contribution in [3.63, 3.8) is 0 Å². The predicted molar refractivity (Wildman–Crippen MR) is 62.1 cm³/mol. The van der Waals surface area contributed by atoms with Crippen LogP contribution in [0.5, 0.6) is 0 Å². The van der Waals surface area contributed by atoms with Crippen molar-refractivity contribution in [3.8, 4) is 0 Å². The standard InChI is InChI=1S/C12H15N3/c1-3-15-9(2)8-11(14-13)10-6-4-5-7-12(10)15/h4-8H,3,13H2,1-2H3. The highest BCUT2D eigenvalue weighted by Crippen LogP contribution is 2.11. The average Bonchev–Trinajstić information content (AvgIpc) is 2.28. The van der Waals surface area contributed by atoms with Crippen LogP contribution in [0.25, 0.3) is 10.9 Å². The Hall–Kier alpha value is -1.77. The van der Waals surface area contributed by atoms with Gasteiger partial charge in [-0.15, -0.1) is 0 Å². The van der Waals surface area contributed by atoms with E-state index >= 15 is 0 Å². The Morgan fingerprint density at radius 1 is 1.33 bits per heavy atom. The fourth-order valence-corrected chi connectivity index (χ4v) is 2.00. The highest BCUT2D eigenvalue weighted by atomic mass is 15.1. The summed E-state index contributed by atoms with van der Waals surface area (Å²) < 4.78 is 2.25. The van der Waals surface area contributed by atoms with Gasteiger partial charge in [-0.3, -0.25) is 0 Å². The number of aryl methyl sites for hydroxylation is 2. The van der Waals surface area contributed by atoms with Crippen molar-refractivity contribution >= 4 is 10.9 Å². The minimum absolute atomic E-state index is 0.854. The van der Waals surface area contributed by atoms with Gasteiger partial charge in [-0.25, -0.2) is 0 Å². The lowest BCUT2D eigenvalue weighted by atomic mass is 10.2. The molecule has 0 spiro atoms. The highest BCUT2D eigenvalue weighted by molar-refractivity contribution is 5.78. The van der Waals surface area contributed by atoms with Crippen molar-refractivity contribution < 1.29 is 0 Å². The van der Waals surface area contributed by atoms with Gasteiger partial charge in [0.1, 0.15) is 0 Å². The lowest BCUT2D eigenvalue weighted by Crippen LogP contribution is -2.14. The van der Waals surface area contributed by atoms with Crippen LogP contribution in [-0.4, -0.2) is 4.57 Å². The van der Waals surface area contributed by atoms with Crippen LogP contribution in [-0.2, 0) is 6.54 Å². The summed E-state index contributed by atoms with van der Waals surface area (Å²) in [6.07, 6.45) is 0. The summed E-state index contributed by atoms with van der Waals surface area (Å²) in [6, 6.07) is 10.2. The van der Waals surface area contributed by atoms with Gasteiger partial charge in [0.25, 0.3) is 0 Å². The maximum absolute atomic E-state index is 5.39. The van der Waals surface area contributed by atoms with Crippen molar-refractivity contribution in [3.05, 3.63) is 41.4 Å². The normalized spacial score (nSPS) is 12.3. The number of para-hydroxylation sites is 1. The van der Waals surface area contributed by atoms with Crippen molar-refractivity contribution in [2.45, 2.75) is 20.4 Å². The van der Waals surface area contributed by atoms with Crippen LogP contribution in [0, 0.1) is 6.92 Å². The molecule has 0 unspecified atom stereocenters. The lowest BCUT2D eigenvalue weighted by Gasteiger charge is -2.12. The lowest BCUT2D eigenvalue weighted by molar-refractivity contribution is 0.757. The molecule has 0 aliphatic heterocycles. The van der Waals surface area contributed by atoms with E-state index in [1.165, 1.54) is 11.2 Å². The molecule has 0 radical (unpaired) electrons. The van der Waals surface area contributed by atoms with Crippen LogP contribution in [0.15, 0.2) is 35.4 Å². The number of pyridine rings is 1. The molecule has 0 aliphatic carbocycles. The molecule has 0 amide bonds. The molecule has 0 saturated heterocycles. The average molecular weight is 201 g/mol. The van der Waals surface area contributed by atoms with Crippen molar-refractivity contribution in [2.24, 2.45) is 10.9 Å². The molecule has 0 aliphatic rings. The van der Waals surface area contributed by atoms with Crippen molar-refractivity contribution in [2.75, 3.05) is 0 Å². The summed E-state index contributed by atoms with van der Waals surface area (Å²) in [5, 5.41) is 5.78. The van der Waals surface area contributed by atoms with Crippen molar-refractivity contribution in [1.82, 2.24) is 4.57 Å². The molecular weight excluding hydrogens is 186 g/mol. The number of nitrogens with two attached hydrogens (primary N) is 1. The third kappa shape index (κ3) is 1.50. The SMILES string of the molecule is CCn1c(C)cc(=NN)c2ccccc21. The van der Waals surface area contributed by atoms with Crippen LogP contribution in [0.4, 0.5) is 0 Å². The van der Waals surface area contributed by atoms with E-state index in [1.807, 2.05) is 24.3 Å². The van der Waals surface area contributed by atoms with Crippen LogP contribution in [0.1, 0.15) is 12.6 Å². The van der Waals surface area contributed by atoms with Gasteiger partial charge in [0.05, 0.1) is 10.9 Å². The fourth-order valence-electron chi connectivity index (χ4n) is 2.00. The Morgan fingerprint density at radius 2 is 2.07 bits per heavy atom. The number of hydrogen-bond donors (Lipinski definition) is 1. The van der Waals surface area contributed by atoms with E-state index in [0.717, 1.165) is 17.3 Å². The van der Waals surface area contributed by atoms with E-state index in [9.17, 15) is 0 Å². The van der Waals surface area contributed by atoms with Gasteiger partial charge in [-0.2, -0.15) is 5.10 Å². The molecule has 1 aromatic carbocycles. The topological polar surface area (TPSA) is 43.3 Å². The number of hydrogen-bond acceptors (Lipinski definition) is 2. The zero-order chi connectivity index (χ0) is 10.8. The summed E-state index contributed by atoms with van der Waals surface area (Å²) >= 11 is 0. The molecule has 15 heavy (non-hydrogen) atoms. The number of fused-ring (bicyclic) bond motifs is 1. The van der Waals surface area contributed by atoms with Crippen LogP contribution in [0.2, 0.25) is 0 Å². The second-order valence-corrected chi connectivity index (χ2v) is 3.56. The van der Waals surface area contributed by atoms with E-state index in [2.05, 4.69) is 29.6 Å².